The van der Waals surface area contributed by atoms with Crippen LogP contribution in [0.15, 0.2) is 54.7 Å². The second-order valence-electron chi connectivity index (χ2n) is 11.8. The van der Waals surface area contributed by atoms with Crippen LogP contribution in [0.3, 0.4) is 0 Å². The number of hydrogen-bond acceptors (Lipinski definition) is 8. The number of nitrogens with zero attached hydrogens (tertiary/aromatic N) is 5. The van der Waals surface area contributed by atoms with Crippen LogP contribution in [0, 0.1) is 0 Å². The molecule has 0 spiro atoms. The first-order chi connectivity index (χ1) is 22.7. The molecule has 2 N–H and O–H groups in total. The van der Waals surface area contributed by atoms with Crippen molar-refractivity contribution in [3.8, 4) is 22.9 Å². The molecule has 0 unspecified atom stereocenters. The Kier molecular flexibility index (Phi) is 8.22. The number of imidazole rings is 2. The van der Waals surface area contributed by atoms with Crippen LogP contribution in [0.1, 0.15) is 37.0 Å². The third-order valence-electron chi connectivity index (χ3n) is 8.91. The highest BCUT2D eigenvalue weighted by atomic mass is 19.4. The number of para-hydroxylation sites is 1. The topological polar surface area (TPSA) is 119 Å². The first-order valence-electron chi connectivity index (χ1n) is 15.5. The minimum absolute atomic E-state index is 0.0465. The van der Waals surface area contributed by atoms with E-state index in [2.05, 4.69) is 20.3 Å². The summed E-state index contributed by atoms with van der Waals surface area (Å²) in [5, 5.41) is 4.57. The van der Waals surface area contributed by atoms with Gasteiger partial charge in [0.2, 0.25) is 17.6 Å². The van der Waals surface area contributed by atoms with Crippen LogP contribution >= 0.6 is 0 Å². The molecule has 5 aromatic rings. The van der Waals surface area contributed by atoms with Gasteiger partial charge in [0.25, 0.3) is 0 Å². The van der Waals surface area contributed by atoms with Crippen molar-refractivity contribution >= 4 is 27.8 Å². The fraction of sp³-hybridized carbons (Fsp3) is 0.394. The molecule has 2 aliphatic rings. The van der Waals surface area contributed by atoms with Crippen molar-refractivity contribution in [1.29, 1.82) is 0 Å². The number of nitrogens with one attached hydrogen (secondary N) is 2. The number of methoxy groups -OCH3 is 2. The van der Waals surface area contributed by atoms with E-state index < -0.39 is 30.5 Å². The van der Waals surface area contributed by atoms with E-state index >= 15 is 0 Å². The number of pyridine rings is 1. The molecule has 7 rings (SSSR count). The van der Waals surface area contributed by atoms with Crippen LogP contribution in [0.4, 0.5) is 13.2 Å². The molecule has 5 heterocycles. The zero-order valence-electron chi connectivity index (χ0n) is 25.9. The molecule has 246 valence electrons. The van der Waals surface area contributed by atoms with Crippen molar-refractivity contribution in [2.75, 3.05) is 34.0 Å². The molecular formula is C33H34F3N7O4. The summed E-state index contributed by atoms with van der Waals surface area (Å²) in [6.07, 6.45) is -1.08. The summed E-state index contributed by atoms with van der Waals surface area (Å²) in [6.45, 7) is 1.07. The molecule has 3 atom stereocenters. The summed E-state index contributed by atoms with van der Waals surface area (Å²) in [4.78, 5) is 32.2. The van der Waals surface area contributed by atoms with Gasteiger partial charge in [0.05, 0.1) is 60.9 Å². The van der Waals surface area contributed by atoms with E-state index in [1.54, 1.807) is 24.3 Å². The van der Waals surface area contributed by atoms with Gasteiger partial charge < -0.3 is 34.0 Å². The Balaban J connectivity index is 1.23. The molecule has 2 fully saturated rings. The minimum atomic E-state index is -4.77. The number of rotatable bonds is 8. The number of amides is 1. The van der Waals surface area contributed by atoms with E-state index in [-0.39, 0.29) is 23.1 Å². The van der Waals surface area contributed by atoms with Gasteiger partial charge in [-0.1, -0.05) is 18.2 Å². The Hall–Kier alpha value is -4.69. The summed E-state index contributed by atoms with van der Waals surface area (Å²) in [6, 6.07) is 13.8. The first kappa shape index (κ1) is 30.9. The van der Waals surface area contributed by atoms with E-state index in [1.807, 2.05) is 30.3 Å². The number of piperidine rings is 1. The van der Waals surface area contributed by atoms with E-state index in [4.69, 9.17) is 19.2 Å². The molecule has 0 bridgehead atoms. The van der Waals surface area contributed by atoms with Crippen molar-refractivity contribution in [2.24, 2.45) is 0 Å². The second-order valence-corrected chi connectivity index (χ2v) is 11.8. The number of carbonyl (C=O) groups is 1. The number of H-pyrrole nitrogens is 1. The quantitative estimate of drug-likeness (QED) is 0.238. The van der Waals surface area contributed by atoms with Crippen LogP contribution in [-0.2, 0) is 22.3 Å². The summed E-state index contributed by atoms with van der Waals surface area (Å²) in [5.41, 5.74) is 2.41. The lowest BCUT2D eigenvalue weighted by molar-refractivity contribution is -0.148. The summed E-state index contributed by atoms with van der Waals surface area (Å²) >= 11 is 0. The molecule has 0 radical (unpaired) electrons. The van der Waals surface area contributed by atoms with Gasteiger partial charge in [-0.3, -0.25) is 4.79 Å². The Bertz CT molecular complexity index is 1920. The van der Waals surface area contributed by atoms with Gasteiger partial charge in [-0.05, 0) is 43.5 Å². The van der Waals surface area contributed by atoms with Crippen molar-refractivity contribution in [3.05, 3.63) is 66.4 Å². The number of aromatic amines is 1. The number of carbonyl (C=O) groups excluding carboxylic acids is 1. The van der Waals surface area contributed by atoms with Gasteiger partial charge >= 0.3 is 6.18 Å². The van der Waals surface area contributed by atoms with Crippen molar-refractivity contribution in [1.82, 2.24) is 34.7 Å². The summed E-state index contributed by atoms with van der Waals surface area (Å²) in [7, 11) is 2.98. The van der Waals surface area contributed by atoms with Gasteiger partial charge in [0.1, 0.15) is 18.1 Å². The van der Waals surface area contributed by atoms with E-state index in [0.29, 0.717) is 61.3 Å². The van der Waals surface area contributed by atoms with Crippen LogP contribution in [0.5, 0.6) is 11.6 Å². The first-order valence-corrected chi connectivity index (χ1v) is 15.5. The zero-order valence-corrected chi connectivity index (χ0v) is 25.9. The van der Waals surface area contributed by atoms with E-state index in [1.165, 1.54) is 19.2 Å². The fourth-order valence-electron chi connectivity index (χ4n) is 6.60. The van der Waals surface area contributed by atoms with E-state index in [0.717, 1.165) is 21.9 Å². The minimum Gasteiger partial charge on any atom is -0.497 e. The maximum Gasteiger partial charge on any atom is 0.449 e. The Labute approximate surface area is 268 Å². The Morgan fingerprint density at radius 2 is 1.91 bits per heavy atom. The lowest BCUT2D eigenvalue weighted by Gasteiger charge is -2.40. The highest BCUT2D eigenvalue weighted by molar-refractivity contribution is 5.85. The molecule has 0 aliphatic carbocycles. The largest absolute Gasteiger partial charge is 0.497 e. The van der Waals surface area contributed by atoms with Crippen LogP contribution in [0.25, 0.3) is 33.2 Å². The normalized spacial score (nSPS) is 20.3. The monoisotopic (exact) mass is 649 g/mol. The second kappa shape index (κ2) is 12.5. The third kappa shape index (κ3) is 6.10. The fourth-order valence-corrected chi connectivity index (χ4v) is 6.60. The van der Waals surface area contributed by atoms with Crippen molar-refractivity contribution in [3.63, 3.8) is 0 Å². The molecule has 2 aliphatic heterocycles. The molecule has 11 nitrogen and oxygen atoms in total. The highest BCUT2D eigenvalue weighted by Crippen LogP contribution is 2.37. The number of ether oxygens (including phenoxy) is 3. The standard InChI is InChI=1S/C33H34F3N7O4/c1-45-22-7-8-25-27(15-22)43(32(41-25)33(34,35)36)17-29(44)42-11-9-20(38-21-10-12-47-18-21)14-28(42)30-37-16-26(39-30)23-13-19-5-3-4-6-24(19)40-31(23)46-2/h3-8,13,15-16,20-21,28,38H,9-12,14,17-18H2,1-2H3,(H,37,39)/t20-,21+,28-/m0/s1. The smallest absolute Gasteiger partial charge is 0.449 e. The number of halogens is 3. The predicted octanol–water partition coefficient (Wildman–Crippen LogP) is 5.12. The van der Waals surface area contributed by atoms with Gasteiger partial charge in [0, 0.05) is 36.7 Å². The molecule has 1 amide bonds. The van der Waals surface area contributed by atoms with Crippen LogP contribution < -0.4 is 14.8 Å². The zero-order chi connectivity index (χ0) is 32.7. The van der Waals surface area contributed by atoms with Gasteiger partial charge in [-0.25, -0.2) is 15.0 Å². The maximum absolute atomic E-state index is 14.2. The highest BCUT2D eigenvalue weighted by Gasteiger charge is 2.40. The molecule has 47 heavy (non-hydrogen) atoms. The Morgan fingerprint density at radius 1 is 1.06 bits per heavy atom. The van der Waals surface area contributed by atoms with E-state index in [9.17, 15) is 18.0 Å². The molecule has 3 aromatic heterocycles. The average molecular weight is 650 g/mol. The van der Waals surface area contributed by atoms with Crippen LogP contribution in [0.2, 0.25) is 0 Å². The maximum atomic E-state index is 14.2. The van der Waals surface area contributed by atoms with Crippen LogP contribution in [-0.4, -0.2) is 81.4 Å². The van der Waals surface area contributed by atoms with Crippen molar-refractivity contribution < 1.29 is 32.2 Å². The number of aromatic nitrogens is 5. The lowest BCUT2D eigenvalue weighted by atomic mass is 9.95. The Morgan fingerprint density at radius 3 is 2.68 bits per heavy atom. The van der Waals surface area contributed by atoms with Gasteiger partial charge in [0.15, 0.2) is 0 Å². The molecule has 2 aromatic carbocycles. The third-order valence-corrected chi connectivity index (χ3v) is 8.91. The number of likely N-dealkylation sites (tertiary alicyclic amines) is 1. The number of benzene rings is 2. The molecule has 2 saturated heterocycles. The molecule has 0 saturated carbocycles. The predicted molar refractivity (Wildman–Crippen MR) is 167 cm³/mol. The number of fused-ring (bicyclic) bond motifs is 2. The average Bonchev–Trinajstić information content (AvgIpc) is 3.85. The van der Waals surface area contributed by atoms with Crippen molar-refractivity contribution in [2.45, 2.75) is 50.1 Å². The van der Waals surface area contributed by atoms with Gasteiger partial charge in [-0.2, -0.15) is 13.2 Å². The SMILES string of the molecule is COc1ccc2nc(C(F)(F)F)n(CC(=O)N3CC[C@H](N[C@@H]4CCOC4)C[C@H]3c3ncc(-c4cc5ccccc5nc4OC)[nH]3)c2c1. The molecule has 14 heteroatoms. The van der Waals surface area contributed by atoms with Gasteiger partial charge in [-0.15, -0.1) is 0 Å². The number of hydrogen-bond donors (Lipinski definition) is 2. The summed E-state index contributed by atoms with van der Waals surface area (Å²) in [5.74, 6) is -0.320. The summed E-state index contributed by atoms with van der Waals surface area (Å²) < 4.78 is 59.9. The molecular weight excluding hydrogens is 615 g/mol. The lowest BCUT2D eigenvalue weighted by Crippen LogP contribution is -2.50. The number of alkyl halides is 3.